The van der Waals surface area contributed by atoms with Gasteiger partial charge in [0, 0.05) is 5.75 Å². The zero-order chi connectivity index (χ0) is 6.91. The quantitative estimate of drug-likeness (QED) is 0.559. The molecule has 9 heavy (non-hydrogen) atoms. The van der Waals surface area contributed by atoms with Crippen LogP contribution in [0.3, 0.4) is 0 Å². The Morgan fingerprint density at radius 3 is 2.56 bits per heavy atom. The Hall–Kier alpha value is 0.310. The predicted molar refractivity (Wildman–Crippen MR) is 41.7 cm³/mol. The van der Waals surface area contributed by atoms with E-state index in [1.165, 1.54) is 5.75 Å². The minimum atomic E-state index is -0.0567. The number of thioether (sulfide) groups is 1. The Bertz CT molecular complexity index is 101. The summed E-state index contributed by atoms with van der Waals surface area (Å²) in [6.07, 6.45) is 0.916. The normalized spacial score (nSPS) is 34.3. The maximum absolute atomic E-state index is 9.22. The maximum Gasteiger partial charge on any atom is 0.0636 e. The molecule has 1 atom stereocenters. The van der Waals surface area contributed by atoms with Crippen LogP contribution in [0.25, 0.3) is 0 Å². The molecule has 0 spiro atoms. The van der Waals surface area contributed by atoms with Crippen molar-refractivity contribution in [3.63, 3.8) is 0 Å². The fraction of sp³-hybridized carbons (Fsp3) is 1.00. The number of hydrogen-bond donors (Lipinski definition) is 1. The highest BCUT2D eigenvalue weighted by molar-refractivity contribution is 7.99. The molecule has 0 aromatic heterocycles. The van der Waals surface area contributed by atoms with Crippen molar-refractivity contribution in [1.82, 2.24) is 0 Å². The highest BCUT2D eigenvalue weighted by Crippen LogP contribution is 2.33. The van der Waals surface area contributed by atoms with Gasteiger partial charge in [-0.05, 0) is 17.6 Å². The largest absolute Gasteiger partial charge is 0.392 e. The molecule has 54 valence electrons. The van der Waals surface area contributed by atoms with Gasteiger partial charge in [-0.2, -0.15) is 11.8 Å². The van der Waals surface area contributed by atoms with Gasteiger partial charge in [-0.15, -0.1) is 0 Å². The fourth-order valence-electron chi connectivity index (χ4n) is 1.23. The standard InChI is InChI=1S/C7H14OS/c1-7(2)3-6(8)4-9-5-7/h6,8H,3-5H2,1-2H3. The maximum atomic E-state index is 9.22. The minimum absolute atomic E-state index is 0.0567. The zero-order valence-electron chi connectivity index (χ0n) is 6.05. The molecule has 2 heteroatoms. The molecule has 0 saturated carbocycles. The van der Waals surface area contributed by atoms with Crippen LogP contribution < -0.4 is 0 Å². The minimum Gasteiger partial charge on any atom is -0.392 e. The van der Waals surface area contributed by atoms with Gasteiger partial charge in [-0.1, -0.05) is 13.8 Å². The summed E-state index contributed by atoms with van der Waals surface area (Å²) in [5.41, 5.74) is 0.363. The van der Waals surface area contributed by atoms with Gasteiger partial charge in [-0.25, -0.2) is 0 Å². The third kappa shape index (κ3) is 2.18. The molecule has 1 aliphatic rings. The van der Waals surface area contributed by atoms with E-state index in [1.54, 1.807) is 0 Å². The van der Waals surface area contributed by atoms with Crippen LogP contribution in [0.1, 0.15) is 20.3 Å². The molecule has 1 heterocycles. The number of aliphatic hydroxyl groups is 1. The van der Waals surface area contributed by atoms with Gasteiger partial charge in [-0.3, -0.25) is 0 Å². The number of aliphatic hydroxyl groups excluding tert-OH is 1. The molecule has 0 aliphatic carbocycles. The topological polar surface area (TPSA) is 20.2 Å². The molecule has 1 saturated heterocycles. The van der Waals surface area contributed by atoms with Crippen LogP contribution in [0.2, 0.25) is 0 Å². The second-order valence-electron chi connectivity index (χ2n) is 3.54. The van der Waals surface area contributed by atoms with Gasteiger partial charge in [0.15, 0.2) is 0 Å². The summed E-state index contributed by atoms with van der Waals surface area (Å²) in [4.78, 5) is 0. The van der Waals surface area contributed by atoms with Crippen LogP contribution in [0.4, 0.5) is 0 Å². The van der Waals surface area contributed by atoms with Gasteiger partial charge in [0.2, 0.25) is 0 Å². The average molecular weight is 146 g/mol. The second-order valence-corrected chi connectivity index (χ2v) is 4.57. The third-order valence-electron chi connectivity index (χ3n) is 1.59. The molecular formula is C7H14OS. The van der Waals surface area contributed by atoms with Crippen LogP contribution >= 0.6 is 11.8 Å². The van der Waals surface area contributed by atoms with Gasteiger partial charge in [0.1, 0.15) is 0 Å². The van der Waals surface area contributed by atoms with Crippen molar-refractivity contribution in [3.8, 4) is 0 Å². The first kappa shape index (κ1) is 7.42. The highest BCUT2D eigenvalue weighted by Gasteiger charge is 2.26. The summed E-state index contributed by atoms with van der Waals surface area (Å²) in [5.74, 6) is 2.13. The van der Waals surface area contributed by atoms with E-state index in [9.17, 15) is 5.11 Å². The van der Waals surface area contributed by atoms with Gasteiger partial charge < -0.3 is 5.11 Å². The molecule has 1 nitrogen and oxygen atoms in total. The Labute approximate surface area is 60.8 Å². The van der Waals surface area contributed by atoms with Crippen molar-refractivity contribution in [3.05, 3.63) is 0 Å². The summed E-state index contributed by atoms with van der Waals surface area (Å²) < 4.78 is 0. The van der Waals surface area contributed by atoms with E-state index in [0.717, 1.165) is 12.2 Å². The van der Waals surface area contributed by atoms with Gasteiger partial charge in [0.05, 0.1) is 6.10 Å². The van der Waals surface area contributed by atoms with Crippen LogP contribution in [-0.4, -0.2) is 22.7 Å². The summed E-state index contributed by atoms with van der Waals surface area (Å²) in [7, 11) is 0. The molecule has 1 fully saturated rings. The van der Waals surface area contributed by atoms with Crippen LogP contribution in [0, 0.1) is 5.41 Å². The molecule has 1 unspecified atom stereocenters. The van der Waals surface area contributed by atoms with E-state index >= 15 is 0 Å². The lowest BCUT2D eigenvalue weighted by atomic mass is 9.89. The highest BCUT2D eigenvalue weighted by atomic mass is 32.2. The third-order valence-corrected chi connectivity index (χ3v) is 3.20. The monoisotopic (exact) mass is 146 g/mol. The first-order valence-corrected chi connectivity index (χ1v) is 4.51. The van der Waals surface area contributed by atoms with Crippen molar-refractivity contribution in [2.45, 2.75) is 26.4 Å². The SMILES string of the molecule is CC1(C)CSCC(O)C1. The molecule has 0 bridgehead atoms. The van der Waals surface area contributed by atoms with Crippen LogP contribution in [0.5, 0.6) is 0 Å². The van der Waals surface area contributed by atoms with Crippen molar-refractivity contribution >= 4 is 11.8 Å². The van der Waals surface area contributed by atoms with Crippen molar-refractivity contribution in [1.29, 1.82) is 0 Å². The predicted octanol–water partition coefficient (Wildman–Crippen LogP) is 1.51. The van der Waals surface area contributed by atoms with Crippen molar-refractivity contribution < 1.29 is 5.11 Å². The summed E-state index contributed by atoms with van der Waals surface area (Å²) >= 11 is 1.86. The molecule has 1 N–H and O–H groups in total. The van der Waals surface area contributed by atoms with E-state index in [2.05, 4.69) is 13.8 Å². The van der Waals surface area contributed by atoms with E-state index in [-0.39, 0.29) is 6.10 Å². The van der Waals surface area contributed by atoms with Gasteiger partial charge >= 0.3 is 0 Å². The molecule has 0 aromatic rings. The smallest absolute Gasteiger partial charge is 0.0636 e. The van der Waals surface area contributed by atoms with E-state index in [1.807, 2.05) is 11.8 Å². The van der Waals surface area contributed by atoms with E-state index in [0.29, 0.717) is 5.41 Å². The summed E-state index contributed by atoms with van der Waals surface area (Å²) in [6, 6.07) is 0. The summed E-state index contributed by atoms with van der Waals surface area (Å²) in [5, 5.41) is 9.22. The lowest BCUT2D eigenvalue weighted by molar-refractivity contribution is 0.137. The molecular weight excluding hydrogens is 132 g/mol. The molecule has 0 radical (unpaired) electrons. The van der Waals surface area contributed by atoms with E-state index < -0.39 is 0 Å². The van der Waals surface area contributed by atoms with Crippen LogP contribution in [0.15, 0.2) is 0 Å². The van der Waals surface area contributed by atoms with E-state index in [4.69, 9.17) is 0 Å². The lowest BCUT2D eigenvalue weighted by Gasteiger charge is -2.31. The molecule has 0 aromatic carbocycles. The molecule has 1 rings (SSSR count). The molecule has 1 aliphatic heterocycles. The fourth-order valence-corrected chi connectivity index (χ4v) is 2.41. The number of hydrogen-bond acceptors (Lipinski definition) is 2. The first-order valence-electron chi connectivity index (χ1n) is 3.36. The Morgan fingerprint density at radius 1 is 1.56 bits per heavy atom. The van der Waals surface area contributed by atoms with Crippen molar-refractivity contribution in [2.24, 2.45) is 5.41 Å². The van der Waals surface area contributed by atoms with Crippen molar-refractivity contribution in [2.75, 3.05) is 11.5 Å². The first-order chi connectivity index (χ1) is 4.10. The second kappa shape index (κ2) is 2.51. The zero-order valence-corrected chi connectivity index (χ0v) is 6.87. The summed E-state index contributed by atoms with van der Waals surface area (Å²) in [6.45, 7) is 4.42. The van der Waals surface area contributed by atoms with Crippen LogP contribution in [-0.2, 0) is 0 Å². The molecule has 0 amide bonds. The number of rotatable bonds is 0. The Morgan fingerprint density at radius 2 is 2.22 bits per heavy atom. The Balaban J connectivity index is 2.41. The lowest BCUT2D eigenvalue weighted by Crippen LogP contribution is -2.29. The Kier molecular flexibility index (Phi) is 2.07. The van der Waals surface area contributed by atoms with Gasteiger partial charge in [0.25, 0.3) is 0 Å². The average Bonchev–Trinajstić information content (AvgIpc) is 1.60.